The van der Waals surface area contributed by atoms with Crippen molar-refractivity contribution in [3.8, 4) is 11.5 Å². The molecule has 12 nitrogen and oxygen atoms in total. The molecular weight excluding hydrogens is 1020 g/mol. The van der Waals surface area contributed by atoms with Crippen molar-refractivity contribution >= 4 is 52.8 Å². The van der Waals surface area contributed by atoms with Crippen molar-refractivity contribution in [2.75, 3.05) is 33.7 Å². The summed E-state index contributed by atoms with van der Waals surface area (Å²) in [6.45, 7) is 34.2. The lowest BCUT2D eigenvalue weighted by Crippen LogP contribution is -2.67. The molecule has 0 bridgehead atoms. The Balaban J connectivity index is 1.59. The molecule has 0 aliphatic carbocycles. The molecule has 1 heterocycles. The van der Waals surface area contributed by atoms with Crippen LogP contribution < -0.4 is 19.8 Å². The molecule has 16 heteroatoms. The van der Waals surface area contributed by atoms with Gasteiger partial charge in [0.2, 0.25) is 0 Å². The van der Waals surface area contributed by atoms with Crippen LogP contribution in [0.5, 0.6) is 11.5 Å². The van der Waals surface area contributed by atoms with Crippen molar-refractivity contribution in [1.29, 1.82) is 0 Å². The van der Waals surface area contributed by atoms with Crippen LogP contribution in [0.1, 0.15) is 110 Å². The lowest BCUT2D eigenvalue weighted by molar-refractivity contribution is -0.152. The Morgan fingerprint density at radius 2 is 1.38 bits per heavy atom. The first-order chi connectivity index (χ1) is 35.7. The van der Waals surface area contributed by atoms with Crippen LogP contribution in [-0.4, -0.2) is 94.5 Å². The highest BCUT2D eigenvalue weighted by molar-refractivity contribution is 7.99. The molecule has 2 unspecified atom stereocenters. The maximum atomic E-state index is 14.7. The molecule has 0 saturated carbocycles. The van der Waals surface area contributed by atoms with Gasteiger partial charge in [-0.25, -0.2) is 4.79 Å². The number of hydrogen-bond donors (Lipinski definition) is 0. The van der Waals surface area contributed by atoms with E-state index in [-0.39, 0.29) is 53.9 Å². The lowest BCUT2D eigenvalue weighted by atomic mass is 9.95. The first kappa shape index (κ1) is 62.6. The second kappa shape index (κ2) is 27.6. The molecule has 4 aromatic carbocycles. The minimum Gasteiger partial charge on any atom is -0.493 e. The summed E-state index contributed by atoms with van der Waals surface area (Å²) in [7, 11) is -5.30. The summed E-state index contributed by atoms with van der Waals surface area (Å²) in [4.78, 5) is 18.6. The Morgan fingerprint density at radius 3 is 1.93 bits per heavy atom. The Morgan fingerprint density at radius 1 is 0.789 bits per heavy atom. The molecule has 0 amide bonds. The molecule has 1 aliphatic rings. The Hall–Kier alpha value is -4.20. The molecule has 6 atom stereocenters. The highest BCUT2D eigenvalue weighted by atomic mass is 32.2. The van der Waals surface area contributed by atoms with Gasteiger partial charge in [-0.15, -0.1) is 11.8 Å². The first-order valence-corrected chi connectivity index (χ1v) is 36.5. The largest absolute Gasteiger partial charge is 0.493 e. The van der Waals surface area contributed by atoms with E-state index in [0.29, 0.717) is 41.9 Å². The molecule has 0 aromatic heterocycles. The van der Waals surface area contributed by atoms with E-state index in [0.717, 1.165) is 10.9 Å². The Bertz CT molecular complexity index is 2470. The van der Waals surface area contributed by atoms with Gasteiger partial charge in [-0.2, -0.15) is 0 Å². The third-order valence-electron chi connectivity index (χ3n) is 14.5. The molecule has 1 aliphatic heterocycles. The summed E-state index contributed by atoms with van der Waals surface area (Å²) in [6, 6.07) is 36.1. The van der Waals surface area contributed by atoms with Gasteiger partial charge in [0, 0.05) is 48.5 Å². The number of ether oxygens (including phenoxy) is 6. The maximum absolute atomic E-state index is 14.7. The van der Waals surface area contributed by atoms with Gasteiger partial charge in [0.05, 0.1) is 25.4 Å². The number of azide groups is 1. The van der Waals surface area contributed by atoms with E-state index in [2.05, 4.69) is 183 Å². The Labute approximate surface area is 463 Å². The van der Waals surface area contributed by atoms with Crippen molar-refractivity contribution in [2.45, 2.75) is 178 Å². The summed E-state index contributed by atoms with van der Waals surface area (Å²) >= 11 is 1.64. The zero-order chi connectivity index (χ0) is 56.0. The van der Waals surface area contributed by atoms with Crippen LogP contribution in [0.4, 0.5) is 0 Å². The van der Waals surface area contributed by atoms with Gasteiger partial charge in [0.15, 0.2) is 20.9 Å². The van der Waals surface area contributed by atoms with Crippen molar-refractivity contribution in [1.82, 2.24) is 0 Å². The molecule has 76 heavy (non-hydrogen) atoms. The number of thioether (sulfide) groups is 1. The second-order valence-corrected chi connectivity index (χ2v) is 40.1. The van der Waals surface area contributed by atoms with Crippen LogP contribution in [0.25, 0.3) is 10.4 Å². The molecule has 0 N–H and O–H groups in total. The van der Waals surface area contributed by atoms with Gasteiger partial charge in [-0.1, -0.05) is 164 Å². The number of carbonyl (C=O) groups excluding carboxylic acids is 1. The molecule has 5 rings (SSSR count). The molecule has 0 spiro atoms. The zero-order valence-electron chi connectivity index (χ0n) is 48.5. The fourth-order valence-electron chi connectivity index (χ4n) is 9.22. The van der Waals surface area contributed by atoms with E-state index in [1.54, 1.807) is 24.9 Å². The smallest absolute Gasteiger partial charge is 0.342 e. The monoisotopic (exact) mass is 1110 g/mol. The number of hydrogen-bond acceptors (Lipinski definition) is 11. The number of benzene rings is 4. The summed E-state index contributed by atoms with van der Waals surface area (Å²) in [5.41, 5.74) is 9.94. The number of methoxy groups -OCH3 is 1. The van der Waals surface area contributed by atoms with Gasteiger partial charge in [0.25, 0.3) is 8.32 Å². The van der Waals surface area contributed by atoms with Crippen LogP contribution in [0.15, 0.2) is 125 Å². The summed E-state index contributed by atoms with van der Waals surface area (Å²) in [5.74, 6) is -0.571. The normalized spacial score (nSPS) is 17.9. The quantitative estimate of drug-likeness (QED) is 0.00621. The third kappa shape index (κ3) is 17.1. The average Bonchev–Trinajstić information content (AvgIpc) is 3.70. The van der Waals surface area contributed by atoms with E-state index in [9.17, 15) is 4.79 Å². The van der Waals surface area contributed by atoms with Crippen LogP contribution in [0, 0.1) is 5.92 Å². The van der Waals surface area contributed by atoms with Crippen LogP contribution in [0.2, 0.25) is 48.9 Å². The highest BCUT2D eigenvalue weighted by Crippen LogP contribution is 2.49. The summed E-state index contributed by atoms with van der Waals surface area (Å²) in [6.07, 6.45) is 4.51. The van der Waals surface area contributed by atoms with E-state index < -0.39 is 54.8 Å². The molecule has 1 fully saturated rings. The standard InChI is InChI=1S/C60H89N3O9SSi3/c1-44(45(2)71-76(59(6,7)8,47-29-22-18-23-30-47)48-31-24-19-25-32-48)33-34-52(72-75(15,16)58(3,4)5)56-51(69-60(9,10)70-56)37-38-53(73-46-27-20-17-21-28-46)54-49(66-40-26-39-62-63-61)35-36-50(68-43-65-11)55(54)57(64)67-41-42-74(12,13)14/h17-25,27-36,44-45,51-53,56H,26,37-43H2,1-16H3/t44-,45-,51+,52?,53?,56+/m1/s1. The SMILES string of the molecule is COCOc1ccc(OCCCN=[N+]=[N-])c(C(CC[C@@H]2OC(C)(C)O[C@@H]2C(C=C[C@@H](C)[C@@H](C)O[Si](c2ccccc2)(c2ccccc2)C(C)(C)C)O[Si](C)(C)C(C)(C)C)Sc2ccccc2)c1C(=O)OCC[Si](C)(C)C. The van der Waals surface area contributed by atoms with E-state index >= 15 is 0 Å². The fourth-order valence-corrected chi connectivity index (χ4v) is 17.2. The van der Waals surface area contributed by atoms with Crippen LogP contribution >= 0.6 is 11.8 Å². The van der Waals surface area contributed by atoms with Gasteiger partial charge in [-0.3, -0.25) is 0 Å². The minimum atomic E-state index is -2.85. The van der Waals surface area contributed by atoms with Crippen molar-refractivity contribution in [3.63, 3.8) is 0 Å². The van der Waals surface area contributed by atoms with Crippen LogP contribution in [0.3, 0.4) is 0 Å². The average molecular weight is 1110 g/mol. The zero-order valence-corrected chi connectivity index (χ0v) is 52.3. The topological polar surface area (TPSA) is 140 Å². The van der Waals surface area contributed by atoms with Crippen LogP contribution in [-0.2, 0) is 27.8 Å². The van der Waals surface area contributed by atoms with Gasteiger partial charge < -0.3 is 37.3 Å². The molecule has 1 saturated heterocycles. The molecule has 4 aromatic rings. The first-order valence-electron chi connectivity index (χ1n) is 27.1. The van der Waals surface area contributed by atoms with E-state index in [1.807, 2.05) is 38.1 Å². The lowest BCUT2D eigenvalue weighted by Gasteiger charge is -2.45. The third-order valence-corrected chi connectivity index (χ3v) is 27.1. The van der Waals surface area contributed by atoms with Gasteiger partial charge in [0.1, 0.15) is 23.2 Å². The second-order valence-electron chi connectivity index (χ2n) is 24.2. The summed E-state index contributed by atoms with van der Waals surface area (Å²) < 4.78 is 53.3. The molecule has 416 valence electrons. The fraction of sp³-hybridized carbons (Fsp3) is 0.550. The van der Waals surface area contributed by atoms with E-state index in [1.165, 1.54) is 10.4 Å². The van der Waals surface area contributed by atoms with Gasteiger partial charge in [-0.05, 0) is 115 Å². The van der Waals surface area contributed by atoms with Crippen molar-refractivity contribution in [2.24, 2.45) is 11.0 Å². The van der Waals surface area contributed by atoms with Crippen molar-refractivity contribution < 1.29 is 42.1 Å². The minimum absolute atomic E-state index is 0.00533. The maximum Gasteiger partial charge on any atom is 0.342 e. The van der Waals surface area contributed by atoms with Crippen molar-refractivity contribution in [3.05, 3.63) is 137 Å². The van der Waals surface area contributed by atoms with Gasteiger partial charge >= 0.3 is 5.97 Å². The predicted octanol–water partition coefficient (Wildman–Crippen LogP) is 14.9. The Kier molecular flexibility index (Phi) is 22.7. The number of esters is 1. The highest BCUT2D eigenvalue weighted by Gasteiger charge is 2.52. The molecule has 0 radical (unpaired) electrons. The number of rotatable bonds is 28. The number of carbonyl (C=O) groups is 1. The number of nitrogens with zero attached hydrogens (tertiary/aromatic N) is 3. The molecular formula is C60H89N3O9SSi3. The predicted molar refractivity (Wildman–Crippen MR) is 318 cm³/mol. The summed E-state index contributed by atoms with van der Waals surface area (Å²) in [5, 5.41) is 5.56. The van der Waals surface area contributed by atoms with E-state index in [4.69, 9.17) is 42.8 Å².